The molecular weight excluding hydrogens is 282 g/mol. The van der Waals surface area contributed by atoms with Gasteiger partial charge in [-0.05, 0) is 19.1 Å². The zero-order valence-electron chi connectivity index (χ0n) is 10.6. The lowest BCUT2D eigenvalue weighted by atomic mass is 10.1. The highest BCUT2D eigenvalue weighted by molar-refractivity contribution is 8.26. The third-order valence-corrected chi connectivity index (χ3v) is 3.61. The molecule has 6 heteroatoms. The van der Waals surface area contributed by atoms with Crippen molar-refractivity contribution < 1.29 is 14.3 Å². The standard InChI is InChI=1S/C13H13NO3S2/c1-3-17-11-8(5-4-6-9(11)16-2)7-10-12(15)14-13(18)19-10/h4-7H,3H2,1-2H3,(H,14,15,18)/b10-7-. The molecule has 1 saturated heterocycles. The second kappa shape index (κ2) is 6.08. The quantitative estimate of drug-likeness (QED) is 0.683. The number of amides is 1. The number of thioether (sulfide) groups is 1. The second-order valence-corrected chi connectivity index (χ2v) is 5.38. The number of nitrogens with one attached hydrogen (secondary N) is 1. The molecule has 0 radical (unpaired) electrons. The molecule has 1 aliphatic heterocycles. The summed E-state index contributed by atoms with van der Waals surface area (Å²) in [6, 6.07) is 5.54. The maximum Gasteiger partial charge on any atom is 0.263 e. The first-order valence-corrected chi connectivity index (χ1v) is 6.92. The zero-order chi connectivity index (χ0) is 13.8. The van der Waals surface area contributed by atoms with E-state index in [1.165, 1.54) is 11.8 Å². The topological polar surface area (TPSA) is 47.6 Å². The van der Waals surface area contributed by atoms with Gasteiger partial charge in [-0.1, -0.05) is 36.1 Å². The molecule has 1 aromatic rings. The Morgan fingerprint density at radius 1 is 1.47 bits per heavy atom. The molecule has 100 valence electrons. The van der Waals surface area contributed by atoms with Crippen LogP contribution in [0.5, 0.6) is 11.5 Å². The van der Waals surface area contributed by atoms with Crippen LogP contribution in [0.4, 0.5) is 0 Å². The summed E-state index contributed by atoms with van der Waals surface area (Å²) in [5, 5.41) is 2.58. The van der Waals surface area contributed by atoms with Gasteiger partial charge in [0.1, 0.15) is 4.32 Å². The van der Waals surface area contributed by atoms with Crippen LogP contribution in [0.15, 0.2) is 23.1 Å². The third kappa shape index (κ3) is 3.08. The summed E-state index contributed by atoms with van der Waals surface area (Å²) in [5.41, 5.74) is 0.795. The van der Waals surface area contributed by atoms with Gasteiger partial charge in [-0.2, -0.15) is 0 Å². The average molecular weight is 295 g/mol. The summed E-state index contributed by atoms with van der Waals surface area (Å²) >= 11 is 6.20. The fourth-order valence-electron chi connectivity index (χ4n) is 1.67. The smallest absolute Gasteiger partial charge is 0.263 e. The fraction of sp³-hybridized carbons (Fsp3) is 0.231. The predicted octanol–water partition coefficient (Wildman–Crippen LogP) is 2.58. The Labute approximate surface area is 121 Å². The molecule has 0 atom stereocenters. The molecule has 0 saturated carbocycles. The van der Waals surface area contributed by atoms with Gasteiger partial charge in [0.25, 0.3) is 5.91 Å². The molecule has 0 aromatic heterocycles. The zero-order valence-corrected chi connectivity index (χ0v) is 12.2. The van der Waals surface area contributed by atoms with Gasteiger partial charge in [0.2, 0.25) is 0 Å². The van der Waals surface area contributed by atoms with E-state index in [0.29, 0.717) is 27.3 Å². The highest BCUT2D eigenvalue weighted by Crippen LogP contribution is 2.35. The summed E-state index contributed by atoms with van der Waals surface area (Å²) in [7, 11) is 1.58. The van der Waals surface area contributed by atoms with E-state index < -0.39 is 0 Å². The van der Waals surface area contributed by atoms with Crippen LogP contribution in [0.1, 0.15) is 12.5 Å². The minimum Gasteiger partial charge on any atom is -0.493 e. The Balaban J connectivity index is 2.42. The minimum absolute atomic E-state index is 0.180. The van der Waals surface area contributed by atoms with E-state index in [1.807, 2.05) is 25.1 Å². The minimum atomic E-state index is -0.180. The van der Waals surface area contributed by atoms with E-state index in [9.17, 15) is 4.79 Å². The lowest BCUT2D eigenvalue weighted by Gasteiger charge is -2.12. The highest BCUT2D eigenvalue weighted by atomic mass is 32.2. The maximum atomic E-state index is 11.7. The normalized spacial score (nSPS) is 16.6. The predicted molar refractivity (Wildman–Crippen MR) is 80.5 cm³/mol. The van der Waals surface area contributed by atoms with Gasteiger partial charge in [-0.3, -0.25) is 4.79 Å². The molecule has 1 aromatic carbocycles. The average Bonchev–Trinajstić information content (AvgIpc) is 2.70. The number of thiocarbonyl (C=S) groups is 1. The Hall–Kier alpha value is -1.53. The Morgan fingerprint density at radius 3 is 2.84 bits per heavy atom. The van der Waals surface area contributed by atoms with E-state index in [-0.39, 0.29) is 5.91 Å². The highest BCUT2D eigenvalue weighted by Gasteiger charge is 2.23. The number of benzene rings is 1. The fourth-order valence-corrected chi connectivity index (χ4v) is 2.70. The number of carbonyl (C=O) groups excluding carboxylic acids is 1. The number of hydrogen-bond donors (Lipinski definition) is 1. The first-order chi connectivity index (χ1) is 9.15. The first-order valence-electron chi connectivity index (χ1n) is 5.70. The Morgan fingerprint density at radius 2 is 2.26 bits per heavy atom. The van der Waals surface area contributed by atoms with Crippen molar-refractivity contribution in [3.8, 4) is 11.5 Å². The van der Waals surface area contributed by atoms with Crippen molar-refractivity contribution in [2.45, 2.75) is 6.92 Å². The summed E-state index contributed by atoms with van der Waals surface area (Å²) in [6.07, 6.45) is 1.76. The van der Waals surface area contributed by atoms with E-state index >= 15 is 0 Å². The summed E-state index contributed by atoms with van der Waals surface area (Å²) in [5.74, 6) is 1.09. The molecule has 1 aliphatic rings. The number of ether oxygens (including phenoxy) is 2. The molecular formula is C13H13NO3S2. The number of methoxy groups -OCH3 is 1. The van der Waals surface area contributed by atoms with Gasteiger partial charge in [0, 0.05) is 5.56 Å². The Kier molecular flexibility index (Phi) is 4.44. The van der Waals surface area contributed by atoms with Crippen molar-refractivity contribution in [2.75, 3.05) is 13.7 Å². The van der Waals surface area contributed by atoms with E-state index in [2.05, 4.69) is 5.32 Å². The van der Waals surface area contributed by atoms with Crippen molar-refractivity contribution in [1.29, 1.82) is 0 Å². The monoisotopic (exact) mass is 295 g/mol. The number of para-hydroxylation sites is 1. The largest absolute Gasteiger partial charge is 0.493 e. The van der Waals surface area contributed by atoms with E-state index in [1.54, 1.807) is 13.2 Å². The molecule has 1 amide bonds. The maximum absolute atomic E-state index is 11.7. The van der Waals surface area contributed by atoms with Crippen molar-refractivity contribution in [1.82, 2.24) is 5.32 Å². The van der Waals surface area contributed by atoms with Gasteiger partial charge in [0.05, 0.1) is 18.6 Å². The second-order valence-electron chi connectivity index (χ2n) is 3.66. The van der Waals surface area contributed by atoms with E-state index in [4.69, 9.17) is 21.7 Å². The SMILES string of the molecule is CCOc1c(/C=C2\SC(=S)NC2=O)cccc1OC. The van der Waals surface area contributed by atoms with Gasteiger partial charge in [-0.15, -0.1) is 0 Å². The van der Waals surface area contributed by atoms with Crippen LogP contribution in [0.3, 0.4) is 0 Å². The number of carbonyl (C=O) groups is 1. The van der Waals surface area contributed by atoms with Crippen molar-refractivity contribution >= 4 is 40.3 Å². The molecule has 0 spiro atoms. The van der Waals surface area contributed by atoms with Gasteiger partial charge < -0.3 is 14.8 Å². The molecule has 4 nitrogen and oxygen atoms in total. The van der Waals surface area contributed by atoms with Crippen LogP contribution in [0.2, 0.25) is 0 Å². The first kappa shape index (κ1) is 13.9. The summed E-state index contributed by atoms with van der Waals surface area (Å²) < 4.78 is 11.3. The van der Waals surface area contributed by atoms with Crippen LogP contribution in [0.25, 0.3) is 6.08 Å². The molecule has 0 bridgehead atoms. The summed E-state index contributed by atoms with van der Waals surface area (Å²) in [4.78, 5) is 12.2. The molecule has 0 unspecified atom stereocenters. The Bertz CT molecular complexity index is 555. The van der Waals surface area contributed by atoms with Crippen LogP contribution >= 0.6 is 24.0 Å². The van der Waals surface area contributed by atoms with Gasteiger partial charge in [0.15, 0.2) is 11.5 Å². The molecule has 1 fully saturated rings. The summed E-state index contributed by atoms with van der Waals surface area (Å²) in [6.45, 7) is 2.42. The lowest BCUT2D eigenvalue weighted by molar-refractivity contribution is -0.115. The van der Waals surface area contributed by atoms with Gasteiger partial charge >= 0.3 is 0 Å². The molecule has 2 rings (SSSR count). The molecule has 1 heterocycles. The van der Waals surface area contributed by atoms with E-state index in [0.717, 1.165) is 5.56 Å². The molecule has 19 heavy (non-hydrogen) atoms. The number of rotatable bonds is 4. The lowest BCUT2D eigenvalue weighted by Crippen LogP contribution is -2.17. The molecule has 0 aliphatic carbocycles. The van der Waals surface area contributed by atoms with Crippen LogP contribution in [0, 0.1) is 0 Å². The van der Waals surface area contributed by atoms with Crippen LogP contribution < -0.4 is 14.8 Å². The van der Waals surface area contributed by atoms with Crippen molar-refractivity contribution in [2.24, 2.45) is 0 Å². The number of hydrogen-bond acceptors (Lipinski definition) is 5. The van der Waals surface area contributed by atoms with Crippen LogP contribution in [-0.4, -0.2) is 23.9 Å². The third-order valence-electron chi connectivity index (χ3n) is 2.45. The van der Waals surface area contributed by atoms with Crippen molar-refractivity contribution in [3.63, 3.8) is 0 Å². The van der Waals surface area contributed by atoms with Crippen molar-refractivity contribution in [3.05, 3.63) is 28.7 Å². The molecule has 1 N–H and O–H groups in total. The van der Waals surface area contributed by atoms with Gasteiger partial charge in [-0.25, -0.2) is 0 Å². The van der Waals surface area contributed by atoms with Crippen LogP contribution in [-0.2, 0) is 4.79 Å².